The highest BCUT2D eigenvalue weighted by Crippen LogP contribution is 2.24. The summed E-state index contributed by atoms with van der Waals surface area (Å²) in [7, 11) is -3.01. The monoisotopic (exact) mass is 270 g/mol. The second-order valence-electron chi connectivity index (χ2n) is 4.93. The fraction of sp³-hybridized carbons (Fsp3) is 0.692. The first kappa shape index (κ1) is 13.6. The Labute approximate surface area is 110 Å². The number of rotatable bonds is 5. The van der Waals surface area contributed by atoms with Crippen LogP contribution in [0.15, 0.2) is 24.5 Å². The van der Waals surface area contributed by atoms with Crippen LogP contribution in [-0.4, -0.2) is 36.1 Å². The van der Waals surface area contributed by atoms with Crippen molar-refractivity contribution in [2.24, 2.45) is 0 Å². The van der Waals surface area contributed by atoms with Crippen LogP contribution in [0.4, 0.5) is 0 Å². The van der Waals surface area contributed by atoms with Gasteiger partial charge in [-0.3, -0.25) is 0 Å². The van der Waals surface area contributed by atoms with Crippen molar-refractivity contribution in [1.82, 2.24) is 8.87 Å². The first-order chi connectivity index (χ1) is 8.63. The molecule has 1 fully saturated rings. The van der Waals surface area contributed by atoms with Gasteiger partial charge in [-0.15, -0.1) is 0 Å². The molecule has 1 aliphatic heterocycles. The van der Waals surface area contributed by atoms with E-state index in [1.807, 2.05) is 19.1 Å². The smallest absolute Gasteiger partial charge is 0.214 e. The molecule has 0 aliphatic carbocycles. The van der Waals surface area contributed by atoms with E-state index in [0.29, 0.717) is 24.9 Å². The molecule has 5 heteroatoms. The number of hydrogen-bond acceptors (Lipinski definition) is 2. The summed E-state index contributed by atoms with van der Waals surface area (Å²) in [6, 6.07) is 4.49. The maximum absolute atomic E-state index is 12.1. The van der Waals surface area contributed by atoms with Crippen molar-refractivity contribution < 1.29 is 8.42 Å². The summed E-state index contributed by atoms with van der Waals surface area (Å²) in [5.41, 5.74) is 0. The second-order valence-corrected chi connectivity index (χ2v) is 7.02. The van der Waals surface area contributed by atoms with Gasteiger partial charge in [0.05, 0.1) is 5.75 Å². The fourth-order valence-electron chi connectivity index (χ4n) is 2.47. The van der Waals surface area contributed by atoms with Crippen LogP contribution in [0, 0.1) is 0 Å². The first-order valence-electron chi connectivity index (χ1n) is 6.74. The lowest BCUT2D eigenvalue weighted by atomic mass is 10.1. The lowest BCUT2D eigenvalue weighted by Gasteiger charge is -2.32. The molecule has 2 heterocycles. The van der Waals surface area contributed by atoms with E-state index in [4.69, 9.17) is 0 Å². The van der Waals surface area contributed by atoms with Crippen molar-refractivity contribution in [2.75, 3.05) is 18.8 Å². The zero-order valence-electron chi connectivity index (χ0n) is 11.0. The van der Waals surface area contributed by atoms with Crippen LogP contribution in [0.5, 0.6) is 0 Å². The van der Waals surface area contributed by atoms with Crippen LogP contribution in [0.1, 0.15) is 38.6 Å². The highest BCUT2D eigenvalue weighted by atomic mass is 32.2. The molecule has 18 heavy (non-hydrogen) atoms. The topological polar surface area (TPSA) is 42.3 Å². The van der Waals surface area contributed by atoms with Crippen molar-refractivity contribution >= 4 is 10.0 Å². The Hall–Kier alpha value is -0.810. The molecular formula is C13H22N2O2S. The highest BCUT2D eigenvalue weighted by molar-refractivity contribution is 7.89. The zero-order valence-corrected chi connectivity index (χ0v) is 11.8. The van der Waals surface area contributed by atoms with Gasteiger partial charge in [-0.1, -0.05) is 13.3 Å². The Morgan fingerprint density at radius 3 is 2.33 bits per heavy atom. The minimum Gasteiger partial charge on any atom is -0.351 e. The average Bonchev–Trinajstić information content (AvgIpc) is 2.90. The number of unbranched alkanes of at least 4 members (excludes halogenated alkanes) is 1. The molecule has 1 saturated heterocycles. The number of hydrogen-bond donors (Lipinski definition) is 0. The minimum atomic E-state index is -3.01. The zero-order chi connectivity index (χ0) is 13.0. The molecule has 0 bridgehead atoms. The molecule has 102 valence electrons. The van der Waals surface area contributed by atoms with Gasteiger partial charge >= 0.3 is 0 Å². The van der Waals surface area contributed by atoms with E-state index < -0.39 is 10.0 Å². The van der Waals surface area contributed by atoms with Crippen LogP contribution < -0.4 is 0 Å². The molecule has 0 atom stereocenters. The van der Waals surface area contributed by atoms with Crippen LogP contribution in [0.3, 0.4) is 0 Å². The van der Waals surface area contributed by atoms with E-state index >= 15 is 0 Å². The quantitative estimate of drug-likeness (QED) is 0.823. The molecule has 0 radical (unpaired) electrons. The molecule has 0 spiro atoms. The fourth-order valence-corrected chi connectivity index (χ4v) is 4.14. The molecular weight excluding hydrogens is 248 g/mol. The molecule has 0 amide bonds. The maximum Gasteiger partial charge on any atom is 0.214 e. The van der Waals surface area contributed by atoms with Gasteiger partial charge in [-0.05, 0) is 31.4 Å². The molecule has 0 unspecified atom stereocenters. The molecule has 0 N–H and O–H groups in total. The Bertz CT molecular complexity index is 445. The number of aromatic nitrogens is 1. The Balaban J connectivity index is 1.90. The van der Waals surface area contributed by atoms with E-state index in [9.17, 15) is 8.42 Å². The molecule has 1 aliphatic rings. The number of piperidine rings is 1. The summed E-state index contributed by atoms with van der Waals surface area (Å²) < 4.78 is 28.0. The summed E-state index contributed by atoms with van der Waals surface area (Å²) in [5, 5.41) is 0. The molecule has 1 aromatic heterocycles. The van der Waals surface area contributed by atoms with Crippen LogP contribution in [0.2, 0.25) is 0 Å². The predicted octanol–water partition coefficient (Wildman–Crippen LogP) is 2.25. The summed E-state index contributed by atoms with van der Waals surface area (Å²) in [6.07, 6.45) is 7.65. The lowest BCUT2D eigenvalue weighted by molar-refractivity contribution is 0.274. The molecule has 1 aromatic rings. The van der Waals surface area contributed by atoms with Gasteiger partial charge in [0.2, 0.25) is 10.0 Å². The minimum absolute atomic E-state index is 0.303. The Morgan fingerprint density at radius 1 is 1.17 bits per heavy atom. The predicted molar refractivity (Wildman–Crippen MR) is 73.0 cm³/mol. The molecule has 0 saturated carbocycles. The van der Waals surface area contributed by atoms with E-state index in [-0.39, 0.29) is 0 Å². The van der Waals surface area contributed by atoms with Gasteiger partial charge in [-0.25, -0.2) is 12.7 Å². The Morgan fingerprint density at radius 2 is 1.78 bits per heavy atom. The standard InChI is InChI=1S/C13H22N2O2S/c1-2-3-12-18(16,17)15-10-6-13(7-11-15)14-8-4-5-9-14/h4-5,8-9,13H,2-3,6-7,10-12H2,1H3. The van der Waals surface area contributed by atoms with Crippen LogP contribution in [0.25, 0.3) is 0 Å². The average molecular weight is 270 g/mol. The van der Waals surface area contributed by atoms with Crippen LogP contribution >= 0.6 is 0 Å². The maximum atomic E-state index is 12.1. The number of sulfonamides is 1. The van der Waals surface area contributed by atoms with E-state index in [1.165, 1.54) is 0 Å². The third-order valence-corrected chi connectivity index (χ3v) is 5.58. The van der Waals surface area contributed by atoms with Gasteiger partial charge in [0.25, 0.3) is 0 Å². The second kappa shape index (κ2) is 5.89. The largest absolute Gasteiger partial charge is 0.351 e. The van der Waals surface area contributed by atoms with Crippen molar-refractivity contribution in [3.8, 4) is 0 Å². The van der Waals surface area contributed by atoms with Crippen LogP contribution in [-0.2, 0) is 10.0 Å². The third kappa shape index (κ3) is 3.14. The van der Waals surface area contributed by atoms with E-state index in [2.05, 4.69) is 17.0 Å². The van der Waals surface area contributed by atoms with Gasteiger partial charge < -0.3 is 4.57 Å². The normalized spacial score (nSPS) is 19.2. The summed E-state index contributed by atoms with van der Waals surface area (Å²) in [4.78, 5) is 0. The SMILES string of the molecule is CCCCS(=O)(=O)N1CCC(n2cccc2)CC1. The van der Waals surface area contributed by atoms with E-state index in [0.717, 1.165) is 25.7 Å². The first-order valence-corrected chi connectivity index (χ1v) is 8.34. The molecule has 4 nitrogen and oxygen atoms in total. The van der Waals surface area contributed by atoms with Gasteiger partial charge in [0.15, 0.2) is 0 Å². The summed E-state index contributed by atoms with van der Waals surface area (Å²) in [6.45, 7) is 3.34. The molecule has 2 rings (SSSR count). The van der Waals surface area contributed by atoms with Gasteiger partial charge in [0.1, 0.15) is 0 Å². The number of nitrogens with zero attached hydrogens (tertiary/aromatic N) is 2. The lowest BCUT2D eigenvalue weighted by Crippen LogP contribution is -2.40. The highest BCUT2D eigenvalue weighted by Gasteiger charge is 2.27. The third-order valence-electron chi connectivity index (χ3n) is 3.62. The Kier molecular flexibility index (Phi) is 4.45. The van der Waals surface area contributed by atoms with Crippen molar-refractivity contribution in [3.63, 3.8) is 0 Å². The molecule has 0 aromatic carbocycles. The van der Waals surface area contributed by atoms with Gasteiger partial charge in [0, 0.05) is 31.5 Å². The van der Waals surface area contributed by atoms with Crippen molar-refractivity contribution in [1.29, 1.82) is 0 Å². The van der Waals surface area contributed by atoms with Crippen molar-refractivity contribution in [2.45, 2.75) is 38.6 Å². The van der Waals surface area contributed by atoms with E-state index in [1.54, 1.807) is 4.31 Å². The van der Waals surface area contributed by atoms with Crippen molar-refractivity contribution in [3.05, 3.63) is 24.5 Å². The van der Waals surface area contributed by atoms with Gasteiger partial charge in [-0.2, -0.15) is 0 Å². The summed E-state index contributed by atoms with van der Waals surface area (Å²) >= 11 is 0. The summed E-state index contributed by atoms with van der Waals surface area (Å²) in [5.74, 6) is 0.303.